The zero-order valence-corrected chi connectivity index (χ0v) is 8.19. The minimum absolute atomic E-state index is 1.06. The van der Waals surface area contributed by atoms with E-state index in [9.17, 15) is 0 Å². The molecule has 0 amide bonds. The van der Waals surface area contributed by atoms with E-state index in [-0.39, 0.29) is 0 Å². The number of unbranched alkanes of at least 4 members (excludes halogenated alkanes) is 1. The van der Waals surface area contributed by atoms with Gasteiger partial charge in [-0.1, -0.05) is 28.5 Å². The highest BCUT2D eigenvalue weighted by Crippen LogP contribution is 1.91. The summed E-state index contributed by atoms with van der Waals surface area (Å²) in [6.07, 6.45) is 2.29. The predicted molar refractivity (Wildman–Crippen MR) is 49.9 cm³/mol. The van der Waals surface area contributed by atoms with Gasteiger partial charge >= 0.3 is 0 Å². The Balaban J connectivity index is 2.78. The molecule has 2 heteroatoms. The van der Waals surface area contributed by atoms with Crippen LogP contribution >= 0.6 is 45.2 Å². The molecule has 0 rings (SSSR count). The number of hydrogen-bond acceptors (Lipinski definition) is 0. The van der Waals surface area contributed by atoms with Gasteiger partial charge in [0.25, 0.3) is 0 Å². The molecule has 0 aromatic heterocycles. The molecule has 0 nitrogen and oxygen atoms in total. The van der Waals surface area contributed by atoms with E-state index in [2.05, 4.69) is 55.0 Å². The van der Waals surface area contributed by atoms with Crippen LogP contribution in [0.4, 0.5) is 0 Å². The van der Waals surface area contributed by atoms with Crippen molar-refractivity contribution in [1.29, 1.82) is 0 Å². The van der Waals surface area contributed by atoms with Gasteiger partial charge in [0.2, 0.25) is 0 Å². The van der Waals surface area contributed by atoms with Gasteiger partial charge in [-0.05, 0) is 10.3 Å². The maximum atomic E-state index is 2.98. The lowest BCUT2D eigenvalue weighted by atomic mass is 10.4. The Morgan fingerprint density at radius 1 is 1.43 bits per heavy atom. The molecule has 0 bridgehead atoms. The number of hydrogen-bond donors (Lipinski definition) is 0. The van der Waals surface area contributed by atoms with E-state index in [0.29, 0.717) is 0 Å². The Morgan fingerprint density at radius 3 is 2.57 bits per heavy atom. The fourth-order valence-electron chi connectivity index (χ4n) is 0.202. The fourth-order valence-corrected chi connectivity index (χ4v) is 0.854. The van der Waals surface area contributed by atoms with Crippen molar-refractivity contribution in [3.63, 3.8) is 0 Å². The molecule has 0 aromatic carbocycles. The number of halogens is 2. The van der Waals surface area contributed by atoms with Crippen LogP contribution in [0.15, 0.2) is 0 Å². The zero-order chi connectivity index (χ0) is 5.54. The third-order valence-corrected chi connectivity index (χ3v) is 1.65. The van der Waals surface area contributed by atoms with Crippen LogP contribution in [0.2, 0.25) is 0 Å². The molecule has 0 N–H and O–H groups in total. The van der Waals surface area contributed by atoms with Crippen LogP contribution in [0, 0.1) is 9.85 Å². The fraction of sp³-hybridized carbons (Fsp3) is 0.600. The SMILES string of the molecule is IC#CCCCI. The summed E-state index contributed by atoms with van der Waals surface area (Å²) in [7, 11) is 0. The molecular formula is C5H6I2. The first-order chi connectivity index (χ1) is 3.41. The van der Waals surface area contributed by atoms with Gasteiger partial charge in [-0.3, -0.25) is 0 Å². The summed E-state index contributed by atoms with van der Waals surface area (Å²) in [6, 6.07) is 0. The summed E-state index contributed by atoms with van der Waals surface area (Å²) in [5, 5.41) is 0. The second-order valence-corrected chi connectivity index (χ2v) is 2.68. The van der Waals surface area contributed by atoms with Crippen molar-refractivity contribution in [3.05, 3.63) is 0 Å². The topological polar surface area (TPSA) is 0 Å². The second kappa shape index (κ2) is 7.02. The third-order valence-electron chi connectivity index (χ3n) is 0.502. The van der Waals surface area contributed by atoms with Gasteiger partial charge < -0.3 is 0 Å². The van der Waals surface area contributed by atoms with Gasteiger partial charge in [0, 0.05) is 33.4 Å². The van der Waals surface area contributed by atoms with Crippen molar-refractivity contribution in [2.45, 2.75) is 12.8 Å². The van der Waals surface area contributed by atoms with E-state index in [1.165, 1.54) is 10.8 Å². The summed E-state index contributed by atoms with van der Waals surface area (Å²) in [6.45, 7) is 0. The molecular weight excluding hydrogens is 314 g/mol. The minimum Gasteiger partial charge on any atom is -0.0918 e. The molecule has 0 atom stereocenters. The zero-order valence-electron chi connectivity index (χ0n) is 3.88. The summed E-state index contributed by atoms with van der Waals surface area (Å²) in [5.74, 6) is 2.98. The largest absolute Gasteiger partial charge is 0.0918 e. The highest BCUT2D eigenvalue weighted by molar-refractivity contribution is 14.1. The lowest BCUT2D eigenvalue weighted by Crippen LogP contribution is -1.68. The molecule has 0 saturated carbocycles. The van der Waals surface area contributed by atoms with Gasteiger partial charge in [0.05, 0.1) is 0 Å². The molecule has 7 heavy (non-hydrogen) atoms. The normalized spacial score (nSPS) is 7.14. The Hall–Kier alpha value is 1.02. The van der Waals surface area contributed by atoms with Crippen molar-refractivity contribution in [2.75, 3.05) is 4.43 Å². The molecule has 0 aromatic rings. The molecule has 0 heterocycles. The molecule has 40 valence electrons. The molecule has 0 aliphatic rings. The number of rotatable bonds is 2. The van der Waals surface area contributed by atoms with Crippen molar-refractivity contribution in [1.82, 2.24) is 0 Å². The van der Waals surface area contributed by atoms with E-state index in [4.69, 9.17) is 0 Å². The van der Waals surface area contributed by atoms with Crippen molar-refractivity contribution in [2.24, 2.45) is 0 Å². The number of alkyl halides is 1. The van der Waals surface area contributed by atoms with Gasteiger partial charge in [-0.15, -0.1) is 0 Å². The van der Waals surface area contributed by atoms with Crippen LogP contribution in [0.1, 0.15) is 12.8 Å². The first-order valence-corrected chi connectivity index (χ1v) is 4.66. The van der Waals surface area contributed by atoms with Crippen molar-refractivity contribution >= 4 is 45.2 Å². The van der Waals surface area contributed by atoms with Gasteiger partial charge in [-0.25, -0.2) is 0 Å². The van der Waals surface area contributed by atoms with E-state index < -0.39 is 0 Å². The van der Waals surface area contributed by atoms with Gasteiger partial charge in [-0.2, -0.15) is 0 Å². The molecule has 0 saturated heterocycles. The van der Waals surface area contributed by atoms with E-state index in [1.807, 2.05) is 0 Å². The summed E-state index contributed by atoms with van der Waals surface area (Å²) < 4.78 is 4.04. The van der Waals surface area contributed by atoms with Crippen LogP contribution in [0.3, 0.4) is 0 Å². The quantitative estimate of drug-likeness (QED) is 0.318. The lowest BCUT2D eigenvalue weighted by molar-refractivity contribution is 1.01. The predicted octanol–water partition coefficient (Wildman–Crippen LogP) is 2.60. The van der Waals surface area contributed by atoms with E-state index in [1.54, 1.807) is 0 Å². The monoisotopic (exact) mass is 320 g/mol. The summed E-state index contributed by atoms with van der Waals surface area (Å²) >= 11 is 4.42. The van der Waals surface area contributed by atoms with Gasteiger partial charge in [0.1, 0.15) is 0 Å². The van der Waals surface area contributed by atoms with Crippen LogP contribution in [-0.2, 0) is 0 Å². The average molecular weight is 320 g/mol. The van der Waals surface area contributed by atoms with Crippen molar-refractivity contribution < 1.29 is 0 Å². The Morgan fingerprint density at radius 2 is 2.14 bits per heavy atom. The summed E-state index contributed by atoms with van der Waals surface area (Å²) in [4.78, 5) is 0. The van der Waals surface area contributed by atoms with Crippen LogP contribution in [0.25, 0.3) is 0 Å². The molecule has 0 unspecified atom stereocenters. The Labute approximate surface area is 71.7 Å². The van der Waals surface area contributed by atoms with Gasteiger partial charge in [0.15, 0.2) is 0 Å². The highest BCUT2D eigenvalue weighted by Gasteiger charge is 1.74. The maximum absolute atomic E-state index is 2.98. The first kappa shape index (κ1) is 8.02. The Kier molecular flexibility index (Phi) is 8.04. The first-order valence-electron chi connectivity index (χ1n) is 2.06. The van der Waals surface area contributed by atoms with Crippen LogP contribution in [-0.4, -0.2) is 4.43 Å². The molecule has 0 aliphatic heterocycles. The van der Waals surface area contributed by atoms with Crippen LogP contribution in [0.5, 0.6) is 0 Å². The molecule has 0 radical (unpaired) electrons. The molecule has 0 aliphatic carbocycles. The second-order valence-electron chi connectivity index (χ2n) is 1.06. The molecule has 0 fully saturated rings. The smallest absolute Gasteiger partial charge is 0.0181 e. The third kappa shape index (κ3) is 7.02. The highest BCUT2D eigenvalue weighted by atomic mass is 127. The maximum Gasteiger partial charge on any atom is 0.0181 e. The standard InChI is InChI=1S/C5H6I2/c6-4-2-1-3-5-7/h1-2,4H2. The summed E-state index contributed by atoms with van der Waals surface area (Å²) in [5.41, 5.74) is 0. The lowest BCUT2D eigenvalue weighted by Gasteiger charge is -1.78. The average Bonchev–Trinajstić information content (AvgIpc) is 1.69. The Bertz CT molecular complexity index is 77.8. The minimum atomic E-state index is 1.06. The van der Waals surface area contributed by atoms with Crippen molar-refractivity contribution in [3.8, 4) is 9.85 Å². The molecule has 0 spiro atoms. The van der Waals surface area contributed by atoms with E-state index in [0.717, 1.165) is 6.42 Å². The van der Waals surface area contributed by atoms with E-state index >= 15 is 0 Å². The van der Waals surface area contributed by atoms with Crippen LogP contribution < -0.4 is 0 Å².